The zero-order valence-electron chi connectivity index (χ0n) is 22.4. The van der Waals surface area contributed by atoms with Crippen LogP contribution >= 0.6 is 0 Å². The van der Waals surface area contributed by atoms with Gasteiger partial charge in [0.25, 0.3) is 11.1 Å². The van der Waals surface area contributed by atoms with Crippen molar-refractivity contribution in [3.8, 4) is 11.4 Å². The van der Waals surface area contributed by atoms with Gasteiger partial charge in [0.2, 0.25) is 0 Å². The van der Waals surface area contributed by atoms with Crippen LogP contribution in [0, 0.1) is 11.7 Å². The molecule has 0 saturated carbocycles. The van der Waals surface area contributed by atoms with Gasteiger partial charge in [0.1, 0.15) is 11.4 Å². The molecule has 1 aromatic carbocycles. The smallest absolute Gasteiger partial charge is 0.369 e. The Kier molecular flexibility index (Phi) is 8.68. The molecule has 0 spiro atoms. The molecule has 0 bridgehead atoms. The second-order valence-corrected chi connectivity index (χ2v) is 9.82. The summed E-state index contributed by atoms with van der Waals surface area (Å²) < 4.78 is 91.9. The molecule has 8 nitrogen and oxygen atoms in total. The molecule has 1 N–H and O–H groups in total. The average Bonchev–Trinajstić information content (AvgIpc) is 3.36. The molecule has 4 heterocycles. The highest BCUT2D eigenvalue weighted by molar-refractivity contribution is 5.86. The van der Waals surface area contributed by atoms with E-state index in [0.29, 0.717) is 43.3 Å². The van der Waals surface area contributed by atoms with Crippen LogP contribution in [0.4, 0.5) is 36.4 Å². The largest absolute Gasteiger partial charge is 0.423 e. The number of halogens is 7. The Bertz CT molecular complexity index is 1680. The fourth-order valence-corrected chi connectivity index (χ4v) is 4.56. The van der Waals surface area contributed by atoms with Gasteiger partial charge in [-0.15, -0.1) is 0 Å². The predicted octanol–water partition coefficient (Wildman–Crippen LogP) is 5.66. The van der Waals surface area contributed by atoms with Crippen LogP contribution in [0.3, 0.4) is 0 Å². The van der Waals surface area contributed by atoms with Gasteiger partial charge in [-0.25, -0.2) is 19.5 Å². The highest BCUT2D eigenvalue weighted by Crippen LogP contribution is 2.35. The van der Waals surface area contributed by atoms with Gasteiger partial charge in [0, 0.05) is 38.2 Å². The van der Waals surface area contributed by atoms with Crippen molar-refractivity contribution in [3.63, 3.8) is 0 Å². The average molecular weight is 599 g/mol. The van der Waals surface area contributed by atoms with Crippen LogP contribution in [0.25, 0.3) is 22.2 Å². The maximum atomic E-state index is 14.4. The van der Waals surface area contributed by atoms with E-state index >= 15 is 0 Å². The number of benzene rings is 1. The summed E-state index contributed by atoms with van der Waals surface area (Å²) in [5, 5.41) is 5.95. The number of H-pyrrole nitrogens is 1. The van der Waals surface area contributed by atoms with Crippen LogP contribution in [0.15, 0.2) is 52.6 Å². The van der Waals surface area contributed by atoms with Gasteiger partial charge in [-0.2, -0.15) is 31.4 Å². The van der Waals surface area contributed by atoms with Gasteiger partial charge in [-0.3, -0.25) is 9.59 Å². The number of aromatic nitrogens is 5. The van der Waals surface area contributed by atoms with Crippen LogP contribution in [0.5, 0.6) is 0 Å². The van der Waals surface area contributed by atoms with Crippen LogP contribution < -0.4 is 16.0 Å². The van der Waals surface area contributed by atoms with Crippen molar-refractivity contribution >= 4 is 16.5 Å². The number of nitrogens with one attached hydrogen (secondary N) is 1. The Morgan fingerprint density at radius 3 is 2.29 bits per heavy atom. The molecular formula is C27H25F7N6O2. The van der Waals surface area contributed by atoms with E-state index < -0.39 is 34.9 Å². The summed E-state index contributed by atoms with van der Waals surface area (Å²) in [7, 11) is 0. The first-order valence-corrected chi connectivity index (χ1v) is 12.8. The summed E-state index contributed by atoms with van der Waals surface area (Å²) in [5.74, 6) is -0.612. The third-order valence-corrected chi connectivity index (χ3v) is 6.63. The molecule has 5 rings (SSSR count). The molecule has 42 heavy (non-hydrogen) atoms. The Morgan fingerprint density at radius 2 is 1.71 bits per heavy atom. The zero-order chi connectivity index (χ0) is 30.8. The fourth-order valence-electron chi connectivity index (χ4n) is 4.56. The highest BCUT2D eigenvalue weighted by Gasteiger charge is 2.39. The van der Waals surface area contributed by atoms with Gasteiger partial charge < -0.3 is 9.47 Å². The molecule has 15 heteroatoms. The Balaban J connectivity index is 0.000000208. The maximum Gasteiger partial charge on any atom is 0.423 e. The lowest BCUT2D eigenvalue weighted by Gasteiger charge is -2.21. The maximum absolute atomic E-state index is 14.4. The number of aromatic amines is 1. The number of hydrogen-bond acceptors (Lipinski definition) is 6. The Labute approximate surface area is 233 Å². The molecule has 4 aromatic rings. The second kappa shape index (κ2) is 11.9. The lowest BCUT2D eigenvalue weighted by molar-refractivity contribution is -0.139. The van der Waals surface area contributed by atoms with Crippen molar-refractivity contribution in [2.45, 2.75) is 45.6 Å². The van der Waals surface area contributed by atoms with Gasteiger partial charge in [-0.1, -0.05) is 13.8 Å². The molecule has 3 aromatic heterocycles. The second-order valence-electron chi connectivity index (χ2n) is 9.82. The Hall–Kier alpha value is -4.30. The summed E-state index contributed by atoms with van der Waals surface area (Å²) in [6.45, 7) is 5.44. The van der Waals surface area contributed by atoms with E-state index in [1.54, 1.807) is 17.2 Å². The fraction of sp³-hybridized carbons (Fsp3) is 0.370. The number of anilines is 1. The number of rotatable bonds is 4. The van der Waals surface area contributed by atoms with Crippen molar-refractivity contribution in [1.29, 1.82) is 0 Å². The van der Waals surface area contributed by atoms with E-state index in [4.69, 9.17) is 0 Å². The molecule has 1 aliphatic rings. The SMILES string of the molecule is CC1CCN(c2cn[nH]c(=O)c2C(F)(F)F)C1.CCCn1ccc2cc(-c3ncc(C(F)(F)F)cn3)c(F)cc2c1=O. The van der Waals surface area contributed by atoms with Crippen molar-refractivity contribution in [2.24, 2.45) is 5.92 Å². The lowest BCUT2D eigenvalue weighted by atomic mass is 10.1. The zero-order valence-corrected chi connectivity index (χ0v) is 22.4. The molecule has 0 amide bonds. The number of alkyl halides is 6. The first kappa shape index (κ1) is 30.7. The van der Waals surface area contributed by atoms with E-state index in [1.165, 1.54) is 10.6 Å². The number of nitrogens with zero attached hydrogens (tertiary/aromatic N) is 5. The van der Waals surface area contributed by atoms with Crippen molar-refractivity contribution in [1.82, 2.24) is 24.7 Å². The highest BCUT2D eigenvalue weighted by atomic mass is 19.4. The third kappa shape index (κ3) is 6.60. The van der Waals surface area contributed by atoms with Gasteiger partial charge >= 0.3 is 12.4 Å². The van der Waals surface area contributed by atoms with Crippen LogP contribution in [-0.4, -0.2) is 37.8 Å². The van der Waals surface area contributed by atoms with E-state index in [2.05, 4.69) is 15.1 Å². The molecule has 224 valence electrons. The lowest BCUT2D eigenvalue weighted by Crippen LogP contribution is -2.30. The normalized spacial score (nSPS) is 15.5. The van der Waals surface area contributed by atoms with Crippen molar-refractivity contribution in [3.05, 3.63) is 80.6 Å². The molecule has 0 aliphatic carbocycles. The molecule has 1 fully saturated rings. The monoisotopic (exact) mass is 598 g/mol. The minimum atomic E-state index is -4.66. The first-order valence-electron chi connectivity index (χ1n) is 12.8. The van der Waals surface area contributed by atoms with Crippen molar-refractivity contribution < 1.29 is 30.7 Å². The van der Waals surface area contributed by atoms with Crippen molar-refractivity contribution in [2.75, 3.05) is 18.0 Å². The summed E-state index contributed by atoms with van der Waals surface area (Å²) in [5.41, 5.74) is -3.85. The Morgan fingerprint density at radius 1 is 1.02 bits per heavy atom. The summed E-state index contributed by atoms with van der Waals surface area (Å²) in [6, 6.07) is 4.09. The standard InChI is InChI=1S/C17H13F4N3O.C10H12F3N3O/c1-2-4-24-5-3-10-6-13(14(18)7-12(10)16(24)25)15-22-8-11(9-23-15)17(19,20)21;1-6-2-3-16(5-6)7-4-14-15-9(17)8(7)10(11,12)13/h3,5-9H,2,4H2,1H3;4,6H,2-3,5H2,1H3,(H,15,17). The third-order valence-electron chi connectivity index (χ3n) is 6.63. The van der Waals surface area contributed by atoms with E-state index in [1.807, 2.05) is 18.9 Å². The van der Waals surface area contributed by atoms with Gasteiger partial charge in [0.05, 0.1) is 28.4 Å². The number of hydrogen-bond donors (Lipinski definition) is 1. The predicted molar refractivity (Wildman–Crippen MR) is 140 cm³/mol. The molecule has 0 radical (unpaired) electrons. The topological polar surface area (TPSA) is 96.8 Å². The minimum Gasteiger partial charge on any atom is -0.369 e. The van der Waals surface area contributed by atoms with Gasteiger partial charge in [-0.05, 0) is 42.3 Å². The molecular weight excluding hydrogens is 573 g/mol. The molecule has 1 atom stereocenters. The first-order chi connectivity index (χ1) is 19.7. The summed E-state index contributed by atoms with van der Waals surface area (Å²) in [6.07, 6.45) is -3.76. The minimum absolute atomic E-state index is 0.0612. The summed E-state index contributed by atoms with van der Waals surface area (Å²) >= 11 is 0. The van der Waals surface area contributed by atoms with E-state index in [9.17, 15) is 40.3 Å². The molecule has 1 unspecified atom stereocenters. The van der Waals surface area contributed by atoms with Crippen LogP contribution in [0.1, 0.15) is 37.8 Å². The van der Waals surface area contributed by atoms with E-state index in [-0.39, 0.29) is 28.0 Å². The molecule has 1 aliphatic heterocycles. The van der Waals surface area contributed by atoms with E-state index in [0.717, 1.165) is 25.1 Å². The number of aryl methyl sites for hydroxylation is 1. The number of fused-ring (bicyclic) bond motifs is 1. The van der Waals surface area contributed by atoms with Gasteiger partial charge in [0.15, 0.2) is 5.82 Å². The van der Waals surface area contributed by atoms with Crippen LogP contribution in [0.2, 0.25) is 0 Å². The summed E-state index contributed by atoms with van der Waals surface area (Å²) in [4.78, 5) is 32.3. The molecule has 1 saturated heterocycles. The number of pyridine rings is 1. The quantitative estimate of drug-likeness (QED) is 0.305. The van der Waals surface area contributed by atoms with Crippen LogP contribution in [-0.2, 0) is 18.9 Å².